The van der Waals surface area contributed by atoms with Gasteiger partial charge in [-0.1, -0.05) is 0 Å². The van der Waals surface area contributed by atoms with Gasteiger partial charge in [0.2, 0.25) is 0 Å². The van der Waals surface area contributed by atoms with Crippen LogP contribution < -0.4 is 24.8 Å². The third kappa shape index (κ3) is 6.31. The first-order chi connectivity index (χ1) is 2.50. The maximum absolute atomic E-state index is 3.67. The Balaban J connectivity index is -0.0000000833. The molecule has 0 fully saturated rings. The SMILES string of the molecule is [Cl-].[Cl-].[Fe+2].c1c[nH]cn1. The van der Waals surface area contributed by atoms with Gasteiger partial charge in [0.25, 0.3) is 0 Å². The zero-order valence-electron chi connectivity index (χ0n) is 3.79. The van der Waals surface area contributed by atoms with Gasteiger partial charge in [0, 0.05) is 12.4 Å². The van der Waals surface area contributed by atoms with Crippen molar-refractivity contribution < 1.29 is 41.9 Å². The molecule has 0 aliphatic carbocycles. The van der Waals surface area contributed by atoms with Crippen LogP contribution in [0.5, 0.6) is 0 Å². The monoisotopic (exact) mass is 194 g/mol. The molecule has 1 N–H and O–H groups in total. The summed E-state index contributed by atoms with van der Waals surface area (Å²) in [7, 11) is 0. The Hall–Kier alpha value is 0.309. The fourth-order valence-corrected chi connectivity index (χ4v) is 0.215. The molecular weight excluding hydrogens is 191 g/mol. The van der Waals surface area contributed by atoms with Crippen LogP contribution in [0.2, 0.25) is 0 Å². The minimum absolute atomic E-state index is 0. The fourth-order valence-electron chi connectivity index (χ4n) is 0.215. The topological polar surface area (TPSA) is 28.7 Å². The normalized spacial score (nSPS) is 5.00. The standard InChI is InChI=1S/C3H4N2.2ClH.Fe/c1-2-5-3-4-1;;;/h1-3H,(H,4,5);2*1H;/q;;;+2/p-2. The zero-order chi connectivity index (χ0) is 3.54. The summed E-state index contributed by atoms with van der Waals surface area (Å²) in [5.74, 6) is 0. The molecule has 0 aliphatic rings. The summed E-state index contributed by atoms with van der Waals surface area (Å²) in [5, 5.41) is 0. The van der Waals surface area contributed by atoms with Crippen molar-refractivity contribution in [3.05, 3.63) is 18.7 Å². The molecule has 0 atom stereocenters. The quantitative estimate of drug-likeness (QED) is 0.411. The predicted octanol–water partition coefficient (Wildman–Crippen LogP) is -5.58. The third-order valence-electron chi connectivity index (χ3n) is 0.406. The number of rotatable bonds is 0. The van der Waals surface area contributed by atoms with E-state index in [1.807, 2.05) is 0 Å². The van der Waals surface area contributed by atoms with E-state index in [0.717, 1.165) is 0 Å². The van der Waals surface area contributed by atoms with E-state index in [9.17, 15) is 0 Å². The van der Waals surface area contributed by atoms with Crippen molar-refractivity contribution in [3.63, 3.8) is 0 Å². The molecule has 0 unspecified atom stereocenters. The first-order valence-corrected chi connectivity index (χ1v) is 1.43. The molecule has 1 aromatic rings. The van der Waals surface area contributed by atoms with Gasteiger partial charge < -0.3 is 29.8 Å². The summed E-state index contributed by atoms with van der Waals surface area (Å²) in [6, 6.07) is 0. The fraction of sp³-hybridized carbons (Fsp3) is 0. The summed E-state index contributed by atoms with van der Waals surface area (Å²) in [5.41, 5.74) is 0. The number of nitrogens with one attached hydrogen (secondary N) is 1. The Morgan fingerprint density at radius 3 is 2.00 bits per heavy atom. The molecule has 0 aromatic carbocycles. The number of H-pyrrole nitrogens is 1. The molecule has 1 heterocycles. The number of halogens is 2. The van der Waals surface area contributed by atoms with Crippen LogP contribution >= 0.6 is 0 Å². The minimum atomic E-state index is 0. The van der Waals surface area contributed by atoms with Crippen LogP contribution in [0.25, 0.3) is 0 Å². The Kier molecular flexibility index (Phi) is 20.3. The predicted molar refractivity (Wildman–Crippen MR) is 18.6 cm³/mol. The van der Waals surface area contributed by atoms with Crippen molar-refractivity contribution in [3.8, 4) is 0 Å². The van der Waals surface area contributed by atoms with Crippen molar-refractivity contribution in [2.75, 3.05) is 0 Å². The van der Waals surface area contributed by atoms with Gasteiger partial charge in [-0.3, -0.25) is 0 Å². The smallest absolute Gasteiger partial charge is 1.00 e. The Bertz CT molecular complexity index is 71.8. The van der Waals surface area contributed by atoms with Crippen LogP contribution in [0.1, 0.15) is 0 Å². The second-order valence-electron chi connectivity index (χ2n) is 0.761. The number of imidazole rings is 1. The molecule has 0 spiro atoms. The van der Waals surface area contributed by atoms with Gasteiger partial charge >= 0.3 is 17.1 Å². The van der Waals surface area contributed by atoms with Gasteiger partial charge in [0.15, 0.2) is 0 Å². The summed E-state index contributed by atoms with van der Waals surface area (Å²) >= 11 is 0. The molecule has 0 aliphatic heterocycles. The van der Waals surface area contributed by atoms with E-state index in [4.69, 9.17) is 0 Å². The maximum Gasteiger partial charge on any atom is 2.00 e. The van der Waals surface area contributed by atoms with Gasteiger partial charge in [-0.15, -0.1) is 0 Å². The number of hydrogen-bond donors (Lipinski definition) is 1. The van der Waals surface area contributed by atoms with Crippen molar-refractivity contribution in [2.45, 2.75) is 0 Å². The van der Waals surface area contributed by atoms with Crippen molar-refractivity contribution in [1.82, 2.24) is 9.97 Å². The summed E-state index contributed by atoms with van der Waals surface area (Å²) < 4.78 is 0. The summed E-state index contributed by atoms with van der Waals surface area (Å²) in [6.07, 6.45) is 5.08. The molecular formula is C3H4Cl2FeN2. The van der Waals surface area contributed by atoms with E-state index in [1.54, 1.807) is 18.7 Å². The van der Waals surface area contributed by atoms with Crippen LogP contribution in [0.3, 0.4) is 0 Å². The molecule has 8 heavy (non-hydrogen) atoms. The molecule has 48 valence electrons. The molecule has 1 aromatic heterocycles. The number of aromatic nitrogens is 2. The van der Waals surface area contributed by atoms with Gasteiger partial charge in [-0.05, 0) is 0 Å². The summed E-state index contributed by atoms with van der Waals surface area (Å²) in [6.45, 7) is 0. The van der Waals surface area contributed by atoms with Gasteiger partial charge in [0.05, 0.1) is 6.33 Å². The molecule has 0 saturated heterocycles. The number of aromatic amines is 1. The molecule has 0 radical (unpaired) electrons. The van der Waals surface area contributed by atoms with E-state index < -0.39 is 0 Å². The van der Waals surface area contributed by atoms with E-state index in [0.29, 0.717) is 0 Å². The van der Waals surface area contributed by atoms with Crippen molar-refractivity contribution >= 4 is 0 Å². The zero-order valence-corrected chi connectivity index (χ0v) is 6.40. The van der Waals surface area contributed by atoms with Gasteiger partial charge in [-0.25, -0.2) is 4.98 Å². The second kappa shape index (κ2) is 10.3. The molecule has 5 heteroatoms. The van der Waals surface area contributed by atoms with Crippen molar-refractivity contribution in [2.24, 2.45) is 0 Å². The third-order valence-corrected chi connectivity index (χ3v) is 0.406. The van der Waals surface area contributed by atoms with Crippen LogP contribution in [-0.2, 0) is 17.1 Å². The number of nitrogens with zero attached hydrogens (tertiary/aromatic N) is 1. The average molecular weight is 195 g/mol. The van der Waals surface area contributed by atoms with Crippen LogP contribution in [0.4, 0.5) is 0 Å². The Labute approximate surface area is 70.8 Å². The maximum atomic E-state index is 3.67. The van der Waals surface area contributed by atoms with Crippen molar-refractivity contribution in [1.29, 1.82) is 0 Å². The Morgan fingerprint density at radius 1 is 1.25 bits per heavy atom. The van der Waals surface area contributed by atoms with E-state index in [2.05, 4.69) is 9.97 Å². The minimum Gasteiger partial charge on any atom is -1.00 e. The van der Waals surface area contributed by atoms with Gasteiger partial charge in [0.1, 0.15) is 0 Å². The first-order valence-electron chi connectivity index (χ1n) is 1.43. The van der Waals surface area contributed by atoms with Gasteiger partial charge in [-0.2, -0.15) is 0 Å². The largest absolute Gasteiger partial charge is 2.00 e. The average Bonchev–Trinajstić information content (AvgIpc) is 1.76. The molecule has 2 nitrogen and oxygen atoms in total. The Morgan fingerprint density at radius 2 is 1.88 bits per heavy atom. The second-order valence-corrected chi connectivity index (χ2v) is 0.761. The van der Waals surface area contributed by atoms with Crippen LogP contribution in [0, 0.1) is 0 Å². The molecule has 0 saturated carbocycles. The van der Waals surface area contributed by atoms with E-state index in [-0.39, 0.29) is 41.9 Å². The van der Waals surface area contributed by atoms with E-state index >= 15 is 0 Å². The van der Waals surface area contributed by atoms with Crippen LogP contribution in [-0.4, -0.2) is 9.97 Å². The molecule has 1 rings (SSSR count). The molecule has 0 bridgehead atoms. The number of hydrogen-bond acceptors (Lipinski definition) is 1. The van der Waals surface area contributed by atoms with Crippen LogP contribution in [0.15, 0.2) is 18.7 Å². The van der Waals surface area contributed by atoms with E-state index in [1.165, 1.54) is 0 Å². The molecule has 0 amide bonds. The first kappa shape index (κ1) is 15.7. The summed E-state index contributed by atoms with van der Waals surface area (Å²) in [4.78, 5) is 6.42.